The zero-order valence-corrected chi connectivity index (χ0v) is 12.3. The van der Waals surface area contributed by atoms with E-state index in [0.717, 1.165) is 32.4 Å². The number of piperidine rings is 1. The molecule has 6 heteroatoms. The Morgan fingerprint density at radius 2 is 1.72 bits per heavy atom. The molecule has 0 aliphatic carbocycles. The Hall–Kier alpha value is -0.170. The van der Waals surface area contributed by atoms with E-state index in [4.69, 9.17) is 0 Å². The minimum atomic E-state index is -3.25. The van der Waals surface area contributed by atoms with Gasteiger partial charge in [0.2, 0.25) is 0 Å². The Kier molecular flexibility index (Phi) is 4.31. The molecule has 18 heavy (non-hydrogen) atoms. The van der Waals surface area contributed by atoms with E-state index in [0.29, 0.717) is 26.2 Å². The van der Waals surface area contributed by atoms with Crippen LogP contribution in [0.5, 0.6) is 0 Å². The van der Waals surface area contributed by atoms with E-state index in [2.05, 4.69) is 19.2 Å². The van der Waals surface area contributed by atoms with Crippen LogP contribution in [0.4, 0.5) is 0 Å². The highest BCUT2D eigenvalue weighted by Gasteiger charge is 2.36. The SMILES string of the molecule is CC1(C)CCCN(S(=O)(=O)N2CCCNCC2)C1. The van der Waals surface area contributed by atoms with Gasteiger partial charge in [-0.3, -0.25) is 0 Å². The summed E-state index contributed by atoms with van der Waals surface area (Å²) in [6, 6.07) is 0. The first-order valence-electron chi connectivity index (χ1n) is 6.88. The third-order valence-corrected chi connectivity index (χ3v) is 5.80. The lowest BCUT2D eigenvalue weighted by molar-refractivity contribution is 0.178. The summed E-state index contributed by atoms with van der Waals surface area (Å²) in [5.41, 5.74) is 0.107. The van der Waals surface area contributed by atoms with Crippen molar-refractivity contribution in [3.05, 3.63) is 0 Å². The molecule has 2 aliphatic heterocycles. The molecule has 2 fully saturated rings. The molecule has 0 bridgehead atoms. The van der Waals surface area contributed by atoms with Crippen LogP contribution in [0, 0.1) is 5.41 Å². The standard InChI is InChI=1S/C12H25N3O2S/c1-12(2)5-3-8-15(11-12)18(16,17)14-9-4-6-13-7-10-14/h13H,3-11H2,1-2H3. The summed E-state index contributed by atoms with van der Waals surface area (Å²) in [6.45, 7) is 8.55. The first kappa shape index (κ1) is 14.2. The fourth-order valence-electron chi connectivity index (χ4n) is 2.78. The zero-order chi connectivity index (χ0) is 13.2. The topological polar surface area (TPSA) is 52.7 Å². The number of nitrogens with one attached hydrogen (secondary N) is 1. The van der Waals surface area contributed by atoms with Crippen molar-refractivity contribution in [2.24, 2.45) is 5.41 Å². The van der Waals surface area contributed by atoms with E-state index in [1.807, 2.05) is 0 Å². The molecule has 5 nitrogen and oxygen atoms in total. The van der Waals surface area contributed by atoms with Crippen LogP contribution in [-0.2, 0) is 10.2 Å². The molecule has 0 atom stereocenters. The fourth-order valence-corrected chi connectivity index (χ4v) is 4.66. The normalized spacial score (nSPS) is 27.9. The largest absolute Gasteiger partial charge is 0.315 e. The van der Waals surface area contributed by atoms with Crippen LogP contribution in [0.1, 0.15) is 33.1 Å². The van der Waals surface area contributed by atoms with Crippen molar-refractivity contribution in [3.63, 3.8) is 0 Å². The molecule has 2 saturated heterocycles. The number of hydrogen-bond acceptors (Lipinski definition) is 3. The van der Waals surface area contributed by atoms with Crippen LogP contribution in [0.25, 0.3) is 0 Å². The summed E-state index contributed by atoms with van der Waals surface area (Å²) >= 11 is 0. The second kappa shape index (κ2) is 5.45. The molecular formula is C12H25N3O2S. The van der Waals surface area contributed by atoms with Crippen molar-refractivity contribution in [1.82, 2.24) is 13.9 Å². The first-order chi connectivity index (χ1) is 8.42. The summed E-state index contributed by atoms with van der Waals surface area (Å²) in [5, 5.41) is 3.24. The lowest BCUT2D eigenvalue weighted by Gasteiger charge is -2.39. The molecule has 0 radical (unpaired) electrons. The van der Waals surface area contributed by atoms with Gasteiger partial charge in [-0.05, 0) is 31.2 Å². The smallest absolute Gasteiger partial charge is 0.282 e. The molecule has 2 heterocycles. The molecule has 0 aromatic heterocycles. The highest BCUT2D eigenvalue weighted by Crippen LogP contribution is 2.30. The third-order valence-electron chi connectivity index (χ3n) is 3.82. The van der Waals surface area contributed by atoms with Gasteiger partial charge >= 0.3 is 0 Å². The Morgan fingerprint density at radius 1 is 1.00 bits per heavy atom. The highest BCUT2D eigenvalue weighted by atomic mass is 32.2. The second-order valence-electron chi connectivity index (χ2n) is 6.11. The van der Waals surface area contributed by atoms with Gasteiger partial charge in [0.15, 0.2) is 0 Å². The Balaban J connectivity index is 2.09. The van der Waals surface area contributed by atoms with E-state index in [-0.39, 0.29) is 5.41 Å². The molecule has 0 unspecified atom stereocenters. The predicted octanol–water partition coefficient (Wildman–Crippen LogP) is 0.649. The fraction of sp³-hybridized carbons (Fsp3) is 1.00. The molecule has 2 rings (SSSR count). The Bertz CT molecular complexity index is 373. The summed E-state index contributed by atoms with van der Waals surface area (Å²) in [5.74, 6) is 0. The second-order valence-corrected chi connectivity index (χ2v) is 8.04. The van der Waals surface area contributed by atoms with Crippen LogP contribution in [0.2, 0.25) is 0 Å². The van der Waals surface area contributed by atoms with Crippen LogP contribution in [0.3, 0.4) is 0 Å². The van der Waals surface area contributed by atoms with Crippen molar-refractivity contribution >= 4 is 10.2 Å². The molecule has 2 aliphatic rings. The van der Waals surface area contributed by atoms with E-state index in [1.54, 1.807) is 8.61 Å². The Morgan fingerprint density at radius 3 is 2.44 bits per heavy atom. The van der Waals surface area contributed by atoms with Crippen LogP contribution in [0.15, 0.2) is 0 Å². The summed E-state index contributed by atoms with van der Waals surface area (Å²) < 4.78 is 28.5. The lowest BCUT2D eigenvalue weighted by Crippen LogP contribution is -2.50. The minimum Gasteiger partial charge on any atom is -0.315 e. The molecule has 0 aromatic carbocycles. The number of nitrogens with zero attached hydrogens (tertiary/aromatic N) is 2. The van der Waals surface area contributed by atoms with Crippen LogP contribution < -0.4 is 5.32 Å². The van der Waals surface area contributed by atoms with Gasteiger partial charge in [-0.2, -0.15) is 17.0 Å². The van der Waals surface area contributed by atoms with Gasteiger partial charge in [0.1, 0.15) is 0 Å². The van der Waals surface area contributed by atoms with Crippen molar-refractivity contribution in [2.45, 2.75) is 33.1 Å². The number of rotatable bonds is 2. The van der Waals surface area contributed by atoms with Gasteiger partial charge in [-0.15, -0.1) is 0 Å². The van der Waals surface area contributed by atoms with Crippen molar-refractivity contribution in [1.29, 1.82) is 0 Å². The van der Waals surface area contributed by atoms with Gasteiger partial charge in [0.05, 0.1) is 0 Å². The van der Waals surface area contributed by atoms with Gasteiger partial charge in [0.25, 0.3) is 10.2 Å². The summed E-state index contributed by atoms with van der Waals surface area (Å²) in [7, 11) is -3.25. The number of hydrogen-bond donors (Lipinski definition) is 1. The molecule has 0 amide bonds. The first-order valence-corrected chi connectivity index (χ1v) is 8.27. The lowest BCUT2D eigenvalue weighted by atomic mass is 9.85. The third kappa shape index (κ3) is 3.23. The van der Waals surface area contributed by atoms with Crippen LogP contribution in [-0.4, -0.2) is 56.3 Å². The molecule has 0 saturated carbocycles. The average molecular weight is 275 g/mol. The summed E-state index contributed by atoms with van der Waals surface area (Å²) in [4.78, 5) is 0. The van der Waals surface area contributed by atoms with Crippen molar-refractivity contribution in [3.8, 4) is 0 Å². The average Bonchev–Trinajstić information content (AvgIpc) is 2.56. The molecular weight excluding hydrogens is 250 g/mol. The van der Waals surface area contributed by atoms with Crippen molar-refractivity contribution in [2.75, 3.05) is 39.3 Å². The van der Waals surface area contributed by atoms with Gasteiger partial charge in [0, 0.05) is 32.7 Å². The highest BCUT2D eigenvalue weighted by molar-refractivity contribution is 7.86. The molecule has 1 N–H and O–H groups in total. The molecule has 106 valence electrons. The van der Waals surface area contributed by atoms with E-state index in [1.165, 1.54) is 0 Å². The monoisotopic (exact) mass is 275 g/mol. The van der Waals surface area contributed by atoms with Gasteiger partial charge in [-0.1, -0.05) is 13.8 Å². The van der Waals surface area contributed by atoms with Gasteiger partial charge in [-0.25, -0.2) is 0 Å². The Labute approximate surface area is 111 Å². The zero-order valence-electron chi connectivity index (χ0n) is 11.5. The maximum absolute atomic E-state index is 12.6. The maximum atomic E-state index is 12.6. The quantitative estimate of drug-likeness (QED) is 0.805. The van der Waals surface area contributed by atoms with Crippen LogP contribution >= 0.6 is 0 Å². The molecule has 0 spiro atoms. The minimum absolute atomic E-state index is 0.107. The molecule has 0 aromatic rings. The summed E-state index contributed by atoms with van der Waals surface area (Å²) in [6.07, 6.45) is 2.98. The predicted molar refractivity (Wildman–Crippen MR) is 72.6 cm³/mol. The maximum Gasteiger partial charge on any atom is 0.282 e. The van der Waals surface area contributed by atoms with Crippen molar-refractivity contribution < 1.29 is 8.42 Å². The van der Waals surface area contributed by atoms with E-state index in [9.17, 15) is 8.42 Å². The van der Waals surface area contributed by atoms with Gasteiger partial charge < -0.3 is 5.32 Å². The van der Waals surface area contributed by atoms with E-state index >= 15 is 0 Å². The van der Waals surface area contributed by atoms with E-state index < -0.39 is 10.2 Å².